The molecule has 0 atom stereocenters. The first-order valence-electron chi connectivity index (χ1n) is 6.92. The summed E-state index contributed by atoms with van der Waals surface area (Å²) in [5.74, 6) is -0.0332. The minimum atomic E-state index is -0.522. The lowest BCUT2D eigenvalue weighted by Crippen LogP contribution is -2.32. The first-order valence-corrected chi connectivity index (χ1v) is 6.92. The van der Waals surface area contributed by atoms with Gasteiger partial charge in [0.25, 0.3) is 0 Å². The smallest absolute Gasteiger partial charge is 0.407 e. The summed E-state index contributed by atoms with van der Waals surface area (Å²) in [6, 6.07) is 7.20. The lowest BCUT2D eigenvalue weighted by Gasteiger charge is -2.19. The molecule has 4 heteroatoms. The Morgan fingerprint density at radius 3 is 2.48 bits per heavy atom. The maximum atomic E-state index is 11.9. The van der Waals surface area contributed by atoms with E-state index in [9.17, 15) is 9.59 Å². The first-order chi connectivity index (χ1) is 9.67. The van der Waals surface area contributed by atoms with E-state index in [4.69, 9.17) is 4.74 Å². The van der Waals surface area contributed by atoms with E-state index in [-0.39, 0.29) is 5.78 Å². The summed E-state index contributed by atoms with van der Waals surface area (Å²) in [4.78, 5) is 23.5. The second-order valence-corrected chi connectivity index (χ2v) is 6.14. The second-order valence-electron chi connectivity index (χ2n) is 6.14. The van der Waals surface area contributed by atoms with Crippen LogP contribution in [-0.2, 0) is 11.3 Å². The van der Waals surface area contributed by atoms with Gasteiger partial charge in [0.15, 0.2) is 5.78 Å². The molecule has 1 aromatic rings. The van der Waals surface area contributed by atoms with E-state index in [2.05, 4.69) is 5.32 Å². The number of ketones is 1. The maximum absolute atomic E-state index is 11.9. The molecule has 0 saturated carbocycles. The number of amides is 1. The molecule has 0 aromatic heterocycles. The molecule has 1 rings (SSSR count). The molecular weight excluding hydrogens is 266 g/mol. The van der Waals surface area contributed by atoms with Crippen LogP contribution < -0.4 is 5.32 Å². The largest absolute Gasteiger partial charge is 0.444 e. The Bertz CT molecular complexity index is 549. The Morgan fingerprint density at radius 2 is 1.90 bits per heavy atom. The Kier molecular flexibility index (Phi) is 5.70. The molecular formula is C17H23NO3. The zero-order chi connectivity index (χ0) is 16.0. The van der Waals surface area contributed by atoms with Gasteiger partial charge in [0.2, 0.25) is 0 Å². The third kappa shape index (κ3) is 6.75. The summed E-state index contributed by atoms with van der Waals surface area (Å²) >= 11 is 0. The molecule has 0 saturated heterocycles. The molecule has 0 unspecified atom stereocenters. The van der Waals surface area contributed by atoms with Crippen LogP contribution in [0.3, 0.4) is 0 Å². The molecule has 1 amide bonds. The van der Waals surface area contributed by atoms with Crippen molar-refractivity contribution in [3.05, 3.63) is 47.0 Å². The van der Waals surface area contributed by atoms with Crippen LogP contribution in [0.2, 0.25) is 0 Å². The van der Waals surface area contributed by atoms with Crippen molar-refractivity contribution >= 4 is 11.9 Å². The van der Waals surface area contributed by atoms with E-state index in [1.807, 2.05) is 40.7 Å². The zero-order valence-electron chi connectivity index (χ0n) is 13.3. The van der Waals surface area contributed by atoms with Gasteiger partial charge in [-0.05, 0) is 52.3 Å². The minimum Gasteiger partial charge on any atom is -0.444 e. The molecule has 0 heterocycles. The fourth-order valence-corrected chi connectivity index (χ4v) is 1.67. The first kappa shape index (κ1) is 17.0. The van der Waals surface area contributed by atoms with E-state index in [1.54, 1.807) is 24.3 Å². The molecule has 0 aliphatic rings. The van der Waals surface area contributed by atoms with Crippen molar-refractivity contribution in [1.29, 1.82) is 0 Å². The summed E-state index contributed by atoms with van der Waals surface area (Å²) in [6.45, 7) is 9.52. The number of nitrogens with one attached hydrogen (secondary N) is 1. The number of alkyl carbamates (subject to hydrolysis) is 1. The molecule has 0 aliphatic heterocycles. The quantitative estimate of drug-likeness (QED) is 0.676. The molecule has 0 aliphatic carbocycles. The molecule has 21 heavy (non-hydrogen) atoms. The molecule has 4 nitrogen and oxygen atoms in total. The van der Waals surface area contributed by atoms with E-state index in [0.717, 1.165) is 11.1 Å². The number of hydrogen-bond acceptors (Lipinski definition) is 3. The third-order valence-electron chi connectivity index (χ3n) is 2.47. The summed E-state index contributed by atoms with van der Waals surface area (Å²) in [6.07, 6.45) is 1.13. The summed E-state index contributed by atoms with van der Waals surface area (Å²) in [7, 11) is 0. The maximum Gasteiger partial charge on any atom is 0.407 e. The van der Waals surface area contributed by atoms with Crippen LogP contribution in [0.4, 0.5) is 4.79 Å². The van der Waals surface area contributed by atoms with Gasteiger partial charge in [-0.25, -0.2) is 4.79 Å². The van der Waals surface area contributed by atoms with Crippen LogP contribution in [-0.4, -0.2) is 17.5 Å². The van der Waals surface area contributed by atoms with Crippen molar-refractivity contribution in [2.45, 2.75) is 46.8 Å². The van der Waals surface area contributed by atoms with Crippen molar-refractivity contribution in [3.63, 3.8) is 0 Å². The van der Waals surface area contributed by atoms with Gasteiger partial charge in [-0.15, -0.1) is 0 Å². The molecule has 0 radical (unpaired) electrons. The van der Waals surface area contributed by atoms with Gasteiger partial charge in [0.05, 0.1) is 0 Å². The number of allylic oxidation sites excluding steroid dienone is 2. The monoisotopic (exact) mass is 289 g/mol. The number of ether oxygens (including phenoxy) is 1. The third-order valence-corrected chi connectivity index (χ3v) is 2.47. The topological polar surface area (TPSA) is 55.4 Å². The van der Waals surface area contributed by atoms with E-state index in [1.165, 1.54) is 0 Å². The minimum absolute atomic E-state index is 0.0332. The Balaban J connectivity index is 2.67. The SMILES string of the molecule is CC(C)=CC(=O)c1cccc(CNC(=O)OC(C)(C)C)c1. The van der Waals surface area contributed by atoms with Crippen molar-refractivity contribution in [2.75, 3.05) is 0 Å². The van der Waals surface area contributed by atoms with Gasteiger partial charge in [-0.3, -0.25) is 4.79 Å². The average Bonchev–Trinajstić information content (AvgIpc) is 2.34. The standard InChI is InChI=1S/C17H23NO3/c1-12(2)9-15(19)14-8-6-7-13(10-14)11-18-16(20)21-17(3,4)5/h6-10H,11H2,1-5H3,(H,18,20). The lowest BCUT2D eigenvalue weighted by molar-refractivity contribution is 0.0523. The molecule has 114 valence electrons. The van der Waals surface area contributed by atoms with E-state index >= 15 is 0 Å². The highest BCUT2D eigenvalue weighted by atomic mass is 16.6. The number of carbonyl (C=O) groups is 2. The van der Waals surface area contributed by atoms with E-state index in [0.29, 0.717) is 12.1 Å². The van der Waals surface area contributed by atoms with Crippen LogP contribution in [0, 0.1) is 0 Å². The average molecular weight is 289 g/mol. The van der Waals surface area contributed by atoms with Gasteiger partial charge >= 0.3 is 6.09 Å². The van der Waals surface area contributed by atoms with Crippen LogP contribution in [0.25, 0.3) is 0 Å². The summed E-state index contributed by atoms with van der Waals surface area (Å²) in [5, 5.41) is 2.67. The highest BCUT2D eigenvalue weighted by Crippen LogP contribution is 2.09. The molecule has 0 fully saturated rings. The normalized spacial score (nSPS) is 10.7. The Morgan fingerprint density at radius 1 is 1.24 bits per heavy atom. The fraction of sp³-hybridized carbons (Fsp3) is 0.412. The predicted molar refractivity (Wildman–Crippen MR) is 83.3 cm³/mol. The predicted octanol–water partition coefficient (Wildman–Crippen LogP) is 3.86. The van der Waals surface area contributed by atoms with Crippen molar-refractivity contribution in [2.24, 2.45) is 0 Å². The van der Waals surface area contributed by atoms with Gasteiger partial charge in [0, 0.05) is 12.1 Å². The number of benzene rings is 1. The summed E-state index contributed by atoms with van der Waals surface area (Å²) < 4.78 is 5.16. The second kappa shape index (κ2) is 7.07. The molecule has 1 N–H and O–H groups in total. The Hall–Kier alpha value is -2.10. The van der Waals surface area contributed by atoms with Crippen LogP contribution in [0.1, 0.15) is 50.5 Å². The summed E-state index contributed by atoms with van der Waals surface area (Å²) in [5.41, 5.74) is 1.90. The highest BCUT2D eigenvalue weighted by molar-refractivity contribution is 6.04. The molecule has 0 bridgehead atoms. The molecule has 0 spiro atoms. The van der Waals surface area contributed by atoms with Gasteiger partial charge < -0.3 is 10.1 Å². The van der Waals surface area contributed by atoms with Gasteiger partial charge in [-0.1, -0.05) is 23.8 Å². The van der Waals surface area contributed by atoms with Gasteiger partial charge in [0.1, 0.15) is 5.60 Å². The zero-order valence-corrected chi connectivity index (χ0v) is 13.3. The van der Waals surface area contributed by atoms with Crippen LogP contribution in [0.15, 0.2) is 35.9 Å². The van der Waals surface area contributed by atoms with Crippen molar-refractivity contribution in [1.82, 2.24) is 5.32 Å². The van der Waals surface area contributed by atoms with Gasteiger partial charge in [-0.2, -0.15) is 0 Å². The van der Waals surface area contributed by atoms with Crippen molar-refractivity contribution in [3.8, 4) is 0 Å². The molecule has 1 aromatic carbocycles. The van der Waals surface area contributed by atoms with E-state index < -0.39 is 11.7 Å². The number of carbonyl (C=O) groups excluding carboxylic acids is 2. The lowest BCUT2D eigenvalue weighted by atomic mass is 10.1. The van der Waals surface area contributed by atoms with Crippen LogP contribution >= 0.6 is 0 Å². The fourth-order valence-electron chi connectivity index (χ4n) is 1.67. The number of hydrogen-bond donors (Lipinski definition) is 1. The Labute approximate surface area is 126 Å². The number of rotatable bonds is 4. The van der Waals surface area contributed by atoms with Crippen molar-refractivity contribution < 1.29 is 14.3 Å². The highest BCUT2D eigenvalue weighted by Gasteiger charge is 2.15. The van der Waals surface area contributed by atoms with Crippen LogP contribution in [0.5, 0.6) is 0 Å².